The van der Waals surface area contributed by atoms with E-state index in [-0.39, 0.29) is 0 Å². The topological polar surface area (TPSA) is 41.5 Å². The molecule has 1 saturated heterocycles. The number of rotatable bonds is 4. The minimum atomic E-state index is 0.340. The van der Waals surface area contributed by atoms with Crippen molar-refractivity contribution in [2.75, 3.05) is 20.2 Å². The maximum atomic E-state index is 10.4. The van der Waals surface area contributed by atoms with E-state index in [0.717, 1.165) is 25.1 Å². The van der Waals surface area contributed by atoms with E-state index in [1.54, 1.807) is 7.11 Å². The molecule has 2 N–H and O–H groups in total. The number of aromatic hydroxyl groups is 1. The van der Waals surface area contributed by atoms with Gasteiger partial charge in [-0.1, -0.05) is 19.9 Å². The molecule has 106 valence electrons. The van der Waals surface area contributed by atoms with Gasteiger partial charge in [-0.25, -0.2) is 0 Å². The fourth-order valence-corrected chi connectivity index (χ4v) is 2.93. The summed E-state index contributed by atoms with van der Waals surface area (Å²) in [6.07, 6.45) is 3.33. The van der Waals surface area contributed by atoms with E-state index in [2.05, 4.69) is 25.2 Å². The Morgan fingerprint density at radius 1 is 1.32 bits per heavy atom. The van der Waals surface area contributed by atoms with Crippen LogP contribution in [-0.4, -0.2) is 25.3 Å². The van der Waals surface area contributed by atoms with E-state index in [0.29, 0.717) is 23.3 Å². The van der Waals surface area contributed by atoms with E-state index in [9.17, 15) is 5.11 Å². The summed E-state index contributed by atoms with van der Waals surface area (Å²) in [7, 11) is 1.61. The second-order valence-corrected chi connectivity index (χ2v) is 5.74. The first-order chi connectivity index (χ1) is 9.13. The average Bonchev–Trinajstić information content (AvgIpc) is 2.42. The van der Waals surface area contributed by atoms with Crippen molar-refractivity contribution < 1.29 is 9.84 Å². The molecule has 1 heterocycles. The molecular weight excluding hydrogens is 238 g/mol. The van der Waals surface area contributed by atoms with Crippen LogP contribution in [-0.2, 0) is 6.42 Å². The highest BCUT2D eigenvalue weighted by Crippen LogP contribution is 2.37. The predicted molar refractivity (Wildman–Crippen MR) is 78.0 cm³/mol. The van der Waals surface area contributed by atoms with Gasteiger partial charge in [-0.3, -0.25) is 0 Å². The Balaban J connectivity index is 2.29. The molecule has 0 amide bonds. The Labute approximate surface area is 116 Å². The molecule has 0 atom stereocenters. The summed E-state index contributed by atoms with van der Waals surface area (Å²) >= 11 is 0. The first-order valence-electron chi connectivity index (χ1n) is 7.23. The fourth-order valence-electron chi connectivity index (χ4n) is 2.93. The second kappa shape index (κ2) is 6.29. The summed E-state index contributed by atoms with van der Waals surface area (Å²) in [5.41, 5.74) is 2.33. The molecule has 2 rings (SSSR count). The molecule has 0 aromatic heterocycles. The molecule has 0 spiro atoms. The van der Waals surface area contributed by atoms with Crippen molar-refractivity contribution in [1.29, 1.82) is 0 Å². The highest BCUT2D eigenvalue weighted by atomic mass is 16.5. The monoisotopic (exact) mass is 263 g/mol. The SMILES string of the molecule is COc1ccc(C(C)C)c(CC2CCNCC2)c1O. The van der Waals surface area contributed by atoms with Crippen LogP contribution in [0.25, 0.3) is 0 Å². The summed E-state index contributed by atoms with van der Waals surface area (Å²) < 4.78 is 5.25. The third-order valence-electron chi connectivity index (χ3n) is 4.08. The standard InChI is InChI=1S/C16H25NO2/c1-11(2)13-4-5-15(19-3)16(18)14(13)10-12-6-8-17-9-7-12/h4-5,11-12,17-18H,6-10H2,1-3H3. The highest BCUT2D eigenvalue weighted by molar-refractivity contribution is 5.51. The number of phenolic OH excluding ortho intramolecular Hbond substituents is 1. The molecule has 1 aliphatic rings. The maximum Gasteiger partial charge on any atom is 0.161 e. The quantitative estimate of drug-likeness (QED) is 0.877. The van der Waals surface area contributed by atoms with Crippen molar-refractivity contribution in [3.05, 3.63) is 23.3 Å². The van der Waals surface area contributed by atoms with E-state index in [4.69, 9.17) is 4.74 Å². The van der Waals surface area contributed by atoms with Gasteiger partial charge in [0, 0.05) is 5.56 Å². The van der Waals surface area contributed by atoms with E-state index in [1.807, 2.05) is 6.07 Å². The third kappa shape index (κ3) is 3.21. The summed E-state index contributed by atoms with van der Waals surface area (Å²) in [5, 5.41) is 13.8. The molecule has 0 saturated carbocycles. The Morgan fingerprint density at radius 3 is 2.58 bits per heavy atom. The zero-order chi connectivity index (χ0) is 13.8. The zero-order valence-electron chi connectivity index (χ0n) is 12.2. The molecule has 0 aliphatic carbocycles. The number of phenols is 1. The molecule has 1 aromatic rings. The lowest BCUT2D eigenvalue weighted by molar-refractivity contribution is 0.350. The lowest BCUT2D eigenvalue weighted by Crippen LogP contribution is -2.28. The van der Waals surface area contributed by atoms with Crippen LogP contribution in [0.5, 0.6) is 11.5 Å². The van der Waals surface area contributed by atoms with Crippen molar-refractivity contribution in [1.82, 2.24) is 5.32 Å². The van der Waals surface area contributed by atoms with Crippen LogP contribution in [0.2, 0.25) is 0 Å². The zero-order valence-corrected chi connectivity index (χ0v) is 12.2. The number of benzene rings is 1. The molecule has 1 aromatic carbocycles. The van der Waals surface area contributed by atoms with Crippen LogP contribution >= 0.6 is 0 Å². The van der Waals surface area contributed by atoms with Gasteiger partial charge in [-0.15, -0.1) is 0 Å². The number of hydrogen-bond donors (Lipinski definition) is 2. The van der Waals surface area contributed by atoms with Crippen LogP contribution in [0.4, 0.5) is 0 Å². The first-order valence-corrected chi connectivity index (χ1v) is 7.23. The summed E-state index contributed by atoms with van der Waals surface area (Å²) in [6.45, 7) is 6.53. The molecule has 0 unspecified atom stereocenters. The molecule has 0 bridgehead atoms. The van der Waals surface area contributed by atoms with Crippen LogP contribution in [0, 0.1) is 5.92 Å². The van der Waals surface area contributed by atoms with Crippen molar-refractivity contribution in [3.63, 3.8) is 0 Å². The normalized spacial score (nSPS) is 16.8. The average molecular weight is 263 g/mol. The smallest absolute Gasteiger partial charge is 0.161 e. The van der Waals surface area contributed by atoms with Gasteiger partial charge in [0.05, 0.1) is 7.11 Å². The van der Waals surface area contributed by atoms with Gasteiger partial charge in [0.25, 0.3) is 0 Å². The molecule has 3 nitrogen and oxygen atoms in total. The first kappa shape index (κ1) is 14.2. The largest absolute Gasteiger partial charge is 0.504 e. The molecule has 0 radical (unpaired) electrons. The number of piperidine rings is 1. The van der Waals surface area contributed by atoms with Gasteiger partial charge < -0.3 is 15.2 Å². The van der Waals surface area contributed by atoms with Crippen molar-refractivity contribution in [3.8, 4) is 11.5 Å². The van der Waals surface area contributed by atoms with Crippen LogP contribution in [0.3, 0.4) is 0 Å². The van der Waals surface area contributed by atoms with Gasteiger partial charge >= 0.3 is 0 Å². The van der Waals surface area contributed by atoms with E-state index < -0.39 is 0 Å². The molecule has 3 heteroatoms. The number of nitrogens with one attached hydrogen (secondary N) is 1. The fraction of sp³-hybridized carbons (Fsp3) is 0.625. The maximum absolute atomic E-state index is 10.4. The lowest BCUT2D eigenvalue weighted by atomic mass is 9.86. The minimum Gasteiger partial charge on any atom is -0.504 e. The summed E-state index contributed by atoms with van der Waals surface area (Å²) in [6, 6.07) is 3.97. The lowest BCUT2D eigenvalue weighted by Gasteiger charge is -2.25. The van der Waals surface area contributed by atoms with Crippen LogP contribution in [0.1, 0.15) is 43.7 Å². The van der Waals surface area contributed by atoms with Crippen molar-refractivity contribution in [2.24, 2.45) is 5.92 Å². The minimum absolute atomic E-state index is 0.340. The third-order valence-corrected chi connectivity index (χ3v) is 4.08. The Hall–Kier alpha value is -1.22. The van der Waals surface area contributed by atoms with Gasteiger partial charge in [-0.2, -0.15) is 0 Å². The van der Waals surface area contributed by atoms with Gasteiger partial charge in [0.1, 0.15) is 0 Å². The number of hydrogen-bond acceptors (Lipinski definition) is 3. The van der Waals surface area contributed by atoms with Gasteiger partial charge in [0.2, 0.25) is 0 Å². The van der Waals surface area contributed by atoms with Crippen molar-refractivity contribution in [2.45, 2.75) is 39.0 Å². The van der Waals surface area contributed by atoms with Crippen molar-refractivity contribution >= 4 is 0 Å². The second-order valence-electron chi connectivity index (χ2n) is 5.74. The van der Waals surface area contributed by atoms with Crippen LogP contribution < -0.4 is 10.1 Å². The molecule has 19 heavy (non-hydrogen) atoms. The van der Waals surface area contributed by atoms with E-state index >= 15 is 0 Å². The summed E-state index contributed by atoms with van der Waals surface area (Å²) in [5.74, 6) is 2.02. The number of ether oxygens (including phenoxy) is 1. The molecular formula is C16H25NO2. The van der Waals surface area contributed by atoms with E-state index in [1.165, 1.54) is 18.4 Å². The number of methoxy groups -OCH3 is 1. The molecule has 1 fully saturated rings. The molecule has 1 aliphatic heterocycles. The van der Waals surface area contributed by atoms with Crippen LogP contribution in [0.15, 0.2) is 12.1 Å². The highest BCUT2D eigenvalue weighted by Gasteiger charge is 2.20. The van der Waals surface area contributed by atoms with Gasteiger partial charge in [0.15, 0.2) is 11.5 Å². The Morgan fingerprint density at radius 2 is 2.00 bits per heavy atom. The predicted octanol–water partition coefficient (Wildman–Crippen LogP) is 3.07. The summed E-state index contributed by atoms with van der Waals surface area (Å²) in [4.78, 5) is 0. The Bertz CT molecular complexity index is 423. The van der Waals surface area contributed by atoms with Gasteiger partial charge in [-0.05, 0) is 55.8 Å². The Kier molecular flexibility index (Phi) is 4.70.